The van der Waals surface area contributed by atoms with Crippen LogP contribution in [0, 0.1) is 5.92 Å². The van der Waals surface area contributed by atoms with Gasteiger partial charge in [-0.2, -0.15) is 0 Å². The Labute approximate surface area is 159 Å². The van der Waals surface area contributed by atoms with Gasteiger partial charge in [0.15, 0.2) is 9.84 Å². The van der Waals surface area contributed by atoms with Gasteiger partial charge < -0.3 is 19.9 Å². The summed E-state index contributed by atoms with van der Waals surface area (Å²) in [6, 6.07) is 9.22. The minimum absolute atomic E-state index is 0.147. The Morgan fingerprint density at radius 1 is 1.19 bits per heavy atom. The molecular weight excluding hydrogens is 374 g/mol. The third-order valence-corrected chi connectivity index (χ3v) is 5.74. The molecule has 3 unspecified atom stereocenters. The molecule has 152 valence electrons. The molecule has 9 heteroatoms. The molecule has 0 heterocycles. The minimum Gasteiger partial charge on any atom is -0.445 e. The van der Waals surface area contributed by atoms with Crippen LogP contribution < -0.4 is 5.32 Å². The molecule has 27 heavy (non-hydrogen) atoms. The predicted molar refractivity (Wildman–Crippen MR) is 99.4 cm³/mol. The van der Waals surface area contributed by atoms with E-state index in [1.807, 2.05) is 30.3 Å². The number of hydrogen-bond donors (Lipinski definition) is 2. The maximum Gasteiger partial charge on any atom is 0.407 e. The second-order valence-electron chi connectivity index (χ2n) is 6.42. The summed E-state index contributed by atoms with van der Waals surface area (Å²) < 4.78 is 34.3. The summed E-state index contributed by atoms with van der Waals surface area (Å²) >= 11 is 0. The number of alkyl carbamates (subject to hydrolysis) is 1. The van der Waals surface area contributed by atoms with E-state index in [4.69, 9.17) is 9.47 Å². The third-order valence-electron chi connectivity index (χ3n) is 3.73. The minimum atomic E-state index is -3.83. The first-order chi connectivity index (χ1) is 12.6. The Morgan fingerprint density at radius 2 is 1.81 bits per heavy atom. The second kappa shape index (κ2) is 10.9. The van der Waals surface area contributed by atoms with Crippen LogP contribution in [0.15, 0.2) is 30.3 Å². The lowest BCUT2D eigenvalue weighted by Gasteiger charge is -2.21. The van der Waals surface area contributed by atoms with Crippen LogP contribution in [0.25, 0.3) is 0 Å². The van der Waals surface area contributed by atoms with Gasteiger partial charge in [0.25, 0.3) is 0 Å². The van der Waals surface area contributed by atoms with Crippen LogP contribution in [0.4, 0.5) is 4.79 Å². The highest BCUT2D eigenvalue weighted by molar-refractivity contribution is 7.91. The van der Waals surface area contributed by atoms with Crippen molar-refractivity contribution in [3.63, 3.8) is 0 Å². The number of hydrogen-bond acceptors (Lipinski definition) is 7. The zero-order chi connectivity index (χ0) is 20.4. The Kier molecular flexibility index (Phi) is 9.23. The Balaban J connectivity index is 2.39. The van der Waals surface area contributed by atoms with Crippen LogP contribution in [-0.2, 0) is 30.7 Å². The third kappa shape index (κ3) is 8.87. The summed E-state index contributed by atoms with van der Waals surface area (Å²) in [5.74, 6) is -1.21. The van der Waals surface area contributed by atoms with Gasteiger partial charge in [-0.15, -0.1) is 0 Å². The highest BCUT2D eigenvalue weighted by Crippen LogP contribution is 2.14. The molecule has 0 bridgehead atoms. The van der Waals surface area contributed by atoms with Crippen molar-refractivity contribution in [2.24, 2.45) is 5.92 Å². The number of aliphatic hydroxyl groups is 1. The zero-order valence-electron chi connectivity index (χ0n) is 15.8. The maximum atomic E-state index is 12.3. The van der Waals surface area contributed by atoms with E-state index in [0.29, 0.717) is 0 Å². The van der Waals surface area contributed by atoms with Crippen LogP contribution in [0.2, 0.25) is 0 Å². The Hall–Kier alpha value is -2.13. The van der Waals surface area contributed by atoms with Gasteiger partial charge >= 0.3 is 12.1 Å². The van der Waals surface area contributed by atoms with Crippen molar-refractivity contribution in [2.45, 2.75) is 45.3 Å². The van der Waals surface area contributed by atoms with Gasteiger partial charge in [-0.25, -0.2) is 13.2 Å². The van der Waals surface area contributed by atoms with E-state index in [9.17, 15) is 23.1 Å². The number of benzene rings is 1. The van der Waals surface area contributed by atoms with Gasteiger partial charge in [0.1, 0.15) is 12.7 Å². The van der Waals surface area contributed by atoms with Gasteiger partial charge in [-0.1, -0.05) is 37.3 Å². The highest BCUT2D eigenvalue weighted by Gasteiger charge is 2.32. The molecule has 0 spiro atoms. The molecule has 8 nitrogen and oxygen atoms in total. The van der Waals surface area contributed by atoms with Gasteiger partial charge in [0.2, 0.25) is 5.44 Å². The number of carbonyl (C=O) groups excluding carboxylic acids is 2. The molecule has 0 saturated heterocycles. The molecule has 2 N–H and O–H groups in total. The summed E-state index contributed by atoms with van der Waals surface area (Å²) in [5.41, 5.74) is -0.729. The molecule has 0 radical (unpaired) electrons. The van der Waals surface area contributed by atoms with Crippen molar-refractivity contribution < 1.29 is 32.6 Å². The molecule has 0 aliphatic heterocycles. The van der Waals surface area contributed by atoms with Crippen LogP contribution >= 0.6 is 0 Å². The summed E-state index contributed by atoms with van der Waals surface area (Å²) in [7, 11) is -3.83. The van der Waals surface area contributed by atoms with E-state index < -0.39 is 33.4 Å². The maximum absolute atomic E-state index is 12.3. The van der Waals surface area contributed by atoms with Crippen LogP contribution in [0.1, 0.15) is 32.8 Å². The molecule has 0 fully saturated rings. The number of sulfone groups is 1. The summed E-state index contributed by atoms with van der Waals surface area (Å²) in [6.07, 6.45) is -1.69. The number of amides is 1. The van der Waals surface area contributed by atoms with E-state index in [1.165, 1.54) is 6.92 Å². The van der Waals surface area contributed by atoms with Crippen molar-refractivity contribution in [1.82, 2.24) is 5.32 Å². The fourth-order valence-corrected chi connectivity index (χ4v) is 4.10. The molecule has 0 saturated carbocycles. The fraction of sp³-hybridized carbons (Fsp3) is 0.556. The van der Waals surface area contributed by atoms with Gasteiger partial charge in [-0.05, 0) is 24.8 Å². The molecule has 1 rings (SSSR count). The molecule has 0 aliphatic rings. The fourth-order valence-electron chi connectivity index (χ4n) is 2.25. The van der Waals surface area contributed by atoms with Crippen molar-refractivity contribution in [3.8, 4) is 0 Å². The molecule has 1 aromatic carbocycles. The van der Waals surface area contributed by atoms with Crippen LogP contribution in [-0.4, -0.2) is 49.4 Å². The normalized spacial score (nSPS) is 14.7. The number of aliphatic hydroxyl groups excluding tert-OH is 1. The van der Waals surface area contributed by atoms with E-state index in [0.717, 1.165) is 12.5 Å². The van der Waals surface area contributed by atoms with Gasteiger partial charge in [0, 0.05) is 13.5 Å². The standard InChI is InChI=1S/C18H27NO7S/c1-13(9-10-27(23,24)17(14(2)20)26-15(3)21)11-19-18(22)25-12-16-7-5-4-6-8-16/h4-8,13-14,17,20H,9-12H2,1-3H3,(H,19,22). The lowest BCUT2D eigenvalue weighted by molar-refractivity contribution is -0.146. The van der Waals surface area contributed by atoms with E-state index in [-0.39, 0.29) is 31.2 Å². The number of rotatable bonds is 10. The lowest BCUT2D eigenvalue weighted by Crippen LogP contribution is -2.38. The van der Waals surface area contributed by atoms with Gasteiger partial charge in [-0.3, -0.25) is 4.79 Å². The Morgan fingerprint density at radius 3 is 2.37 bits per heavy atom. The first kappa shape index (κ1) is 22.9. The van der Waals surface area contributed by atoms with E-state index in [2.05, 4.69) is 5.32 Å². The number of ether oxygens (including phenoxy) is 2. The topological polar surface area (TPSA) is 119 Å². The van der Waals surface area contributed by atoms with Crippen molar-refractivity contribution in [3.05, 3.63) is 35.9 Å². The first-order valence-electron chi connectivity index (χ1n) is 8.63. The van der Waals surface area contributed by atoms with E-state index >= 15 is 0 Å². The lowest BCUT2D eigenvalue weighted by atomic mass is 10.1. The summed E-state index contributed by atoms with van der Waals surface area (Å²) in [4.78, 5) is 22.7. The quantitative estimate of drug-likeness (QED) is 0.572. The zero-order valence-corrected chi connectivity index (χ0v) is 16.6. The molecule has 3 atom stereocenters. The van der Waals surface area contributed by atoms with Crippen LogP contribution in [0.3, 0.4) is 0 Å². The monoisotopic (exact) mass is 401 g/mol. The molecule has 0 aromatic heterocycles. The average Bonchev–Trinajstić information content (AvgIpc) is 2.61. The number of carbonyl (C=O) groups is 2. The largest absolute Gasteiger partial charge is 0.445 e. The first-order valence-corrected chi connectivity index (χ1v) is 10.3. The number of esters is 1. The van der Waals surface area contributed by atoms with Crippen LogP contribution in [0.5, 0.6) is 0 Å². The number of nitrogens with one attached hydrogen (secondary N) is 1. The SMILES string of the molecule is CC(=O)OC(C(C)O)S(=O)(=O)CCC(C)CNC(=O)OCc1ccccc1. The molecular formula is C18H27NO7S. The second-order valence-corrected chi connectivity index (χ2v) is 8.62. The highest BCUT2D eigenvalue weighted by atomic mass is 32.2. The van der Waals surface area contributed by atoms with Crippen molar-refractivity contribution in [2.75, 3.05) is 12.3 Å². The van der Waals surface area contributed by atoms with E-state index in [1.54, 1.807) is 6.92 Å². The van der Waals surface area contributed by atoms with Crippen molar-refractivity contribution >= 4 is 21.9 Å². The Bertz CT molecular complexity index is 704. The smallest absolute Gasteiger partial charge is 0.407 e. The molecule has 1 aromatic rings. The molecule has 1 amide bonds. The summed E-state index contributed by atoms with van der Waals surface area (Å²) in [5, 5.41) is 12.1. The summed E-state index contributed by atoms with van der Waals surface area (Å²) in [6.45, 7) is 4.48. The van der Waals surface area contributed by atoms with Crippen molar-refractivity contribution in [1.29, 1.82) is 0 Å². The predicted octanol–water partition coefficient (Wildman–Crippen LogP) is 1.62. The molecule has 0 aliphatic carbocycles. The van der Waals surface area contributed by atoms with Gasteiger partial charge in [0.05, 0.1) is 5.75 Å². The average molecular weight is 401 g/mol.